The lowest BCUT2D eigenvalue weighted by Crippen LogP contribution is -2.50. The van der Waals surface area contributed by atoms with Gasteiger partial charge in [0, 0.05) is 11.9 Å². The molecular formula is C10H12N4O2S2. The number of guanidine groups is 1. The number of rotatable bonds is 1. The summed E-state index contributed by atoms with van der Waals surface area (Å²) in [7, 11) is -2.08. The highest BCUT2D eigenvalue weighted by atomic mass is 32.2. The summed E-state index contributed by atoms with van der Waals surface area (Å²) in [6.45, 7) is 1.71. The zero-order valence-electron chi connectivity index (χ0n) is 9.91. The van der Waals surface area contributed by atoms with Crippen LogP contribution in [0.5, 0.6) is 0 Å². The molecule has 1 atom stereocenters. The number of nitriles is 1. The third-order valence-electron chi connectivity index (χ3n) is 2.81. The van der Waals surface area contributed by atoms with Crippen LogP contribution < -0.4 is 5.73 Å². The summed E-state index contributed by atoms with van der Waals surface area (Å²) in [5.41, 5.74) is 4.72. The summed E-state index contributed by atoms with van der Waals surface area (Å²) in [5.74, 6) is -0.182. The number of thiophene rings is 1. The van der Waals surface area contributed by atoms with Crippen LogP contribution in [0.25, 0.3) is 0 Å². The second-order valence-electron chi connectivity index (χ2n) is 4.24. The largest absolute Gasteiger partial charge is 0.369 e. The molecule has 0 saturated carbocycles. The van der Waals surface area contributed by atoms with E-state index >= 15 is 0 Å². The van der Waals surface area contributed by atoms with Gasteiger partial charge in [0.25, 0.3) is 0 Å². The first-order valence-electron chi connectivity index (χ1n) is 5.11. The lowest BCUT2D eigenvalue weighted by atomic mass is 10.0. The van der Waals surface area contributed by atoms with Gasteiger partial charge in [0.1, 0.15) is 16.5 Å². The van der Waals surface area contributed by atoms with E-state index in [2.05, 4.69) is 4.99 Å². The molecule has 0 radical (unpaired) electrons. The normalized spacial score (nSPS) is 26.5. The van der Waals surface area contributed by atoms with Gasteiger partial charge in [0.15, 0.2) is 0 Å². The van der Waals surface area contributed by atoms with Crippen LogP contribution in [-0.2, 0) is 15.6 Å². The van der Waals surface area contributed by atoms with Crippen LogP contribution in [0.4, 0.5) is 0 Å². The van der Waals surface area contributed by atoms with E-state index in [1.165, 1.54) is 18.4 Å². The number of nitrogens with two attached hydrogens (primary N) is 1. The monoisotopic (exact) mass is 284 g/mol. The number of nitrogens with zero attached hydrogens (tertiary/aromatic N) is 3. The lowest BCUT2D eigenvalue weighted by molar-refractivity contribution is 0.482. The minimum Gasteiger partial charge on any atom is -0.369 e. The molecule has 1 aromatic rings. The second kappa shape index (κ2) is 3.96. The van der Waals surface area contributed by atoms with Gasteiger partial charge in [-0.3, -0.25) is 0 Å². The number of hydrogen-bond donors (Lipinski definition) is 1. The Balaban J connectivity index is 2.53. The molecular weight excluding hydrogens is 272 g/mol. The SMILES string of the molecule is CN1C(N)=NC(C)(c2ccc(C#N)s2)CS1(=O)=O. The molecule has 0 fully saturated rings. The molecule has 2 rings (SSSR count). The zero-order chi connectivity index (χ0) is 13.6. The summed E-state index contributed by atoms with van der Waals surface area (Å²) in [6, 6.07) is 5.40. The van der Waals surface area contributed by atoms with Crippen LogP contribution >= 0.6 is 11.3 Å². The van der Waals surface area contributed by atoms with Crippen molar-refractivity contribution in [3.05, 3.63) is 21.9 Å². The molecule has 1 aromatic heterocycles. The summed E-state index contributed by atoms with van der Waals surface area (Å²) in [6.07, 6.45) is 0. The minimum atomic E-state index is -3.46. The molecule has 2 N–H and O–H groups in total. The Morgan fingerprint density at radius 3 is 2.78 bits per heavy atom. The highest BCUT2D eigenvalue weighted by Crippen LogP contribution is 2.35. The van der Waals surface area contributed by atoms with Crippen molar-refractivity contribution in [1.82, 2.24) is 4.31 Å². The van der Waals surface area contributed by atoms with E-state index < -0.39 is 15.6 Å². The summed E-state index contributed by atoms with van der Waals surface area (Å²) >= 11 is 1.24. The molecule has 96 valence electrons. The molecule has 0 aliphatic carbocycles. The van der Waals surface area contributed by atoms with Gasteiger partial charge < -0.3 is 5.73 Å². The van der Waals surface area contributed by atoms with E-state index in [-0.39, 0.29) is 11.7 Å². The number of aliphatic imine (C=N–C) groups is 1. The van der Waals surface area contributed by atoms with Gasteiger partial charge in [-0.25, -0.2) is 17.7 Å². The molecule has 6 nitrogen and oxygen atoms in total. The first kappa shape index (κ1) is 12.9. The minimum absolute atomic E-state index is 0.0318. The van der Waals surface area contributed by atoms with Crippen LogP contribution in [0.3, 0.4) is 0 Å². The Kier molecular flexibility index (Phi) is 2.83. The predicted octanol–water partition coefficient (Wildman–Crippen LogP) is 0.425. The molecule has 0 bridgehead atoms. The van der Waals surface area contributed by atoms with Gasteiger partial charge >= 0.3 is 0 Å². The molecule has 8 heteroatoms. The maximum absolute atomic E-state index is 12.0. The molecule has 0 amide bonds. The van der Waals surface area contributed by atoms with Crippen molar-refractivity contribution in [2.75, 3.05) is 12.8 Å². The van der Waals surface area contributed by atoms with Crippen LogP contribution in [0, 0.1) is 11.3 Å². The van der Waals surface area contributed by atoms with Crippen molar-refractivity contribution in [2.24, 2.45) is 10.7 Å². The average molecular weight is 284 g/mol. The van der Waals surface area contributed by atoms with Crippen LogP contribution in [0.2, 0.25) is 0 Å². The van der Waals surface area contributed by atoms with Gasteiger partial charge in [-0.15, -0.1) is 11.3 Å². The molecule has 0 saturated heterocycles. The first-order chi connectivity index (χ1) is 8.28. The molecule has 2 heterocycles. The number of hydrogen-bond acceptors (Lipinski definition) is 6. The first-order valence-corrected chi connectivity index (χ1v) is 7.53. The highest BCUT2D eigenvalue weighted by molar-refractivity contribution is 7.89. The Morgan fingerprint density at radius 2 is 2.28 bits per heavy atom. The van der Waals surface area contributed by atoms with Crippen molar-refractivity contribution < 1.29 is 8.42 Å². The summed E-state index contributed by atoms with van der Waals surface area (Å²) < 4.78 is 24.9. The van der Waals surface area contributed by atoms with E-state index in [0.717, 1.165) is 9.18 Å². The Bertz CT molecular complexity index is 656. The average Bonchev–Trinajstić information content (AvgIpc) is 2.74. The maximum Gasteiger partial charge on any atom is 0.239 e. The van der Waals surface area contributed by atoms with Crippen LogP contribution in [0.1, 0.15) is 16.7 Å². The Morgan fingerprint density at radius 1 is 1.61 bits per heavy atom. The fraction of sp³-hybridized carbons (Fsp3) is 0.400. The van der Waals surface area contributed by atoms with E-state index in [0.29, 0.717) is 4.88 Å². The van der Waals surface area contributed by atoms with Crippen LogP contribution in [-0.4, -0.2) is 31.5 Å². The second-order valence-corrected chi connectivity index (χ2v) is 7.33. The standard InChI is InChI=1S/C10H12N4O2S2/c1-10(8-4-3-7(5-11)17-8)6-18(15,16)14(2)9(12)13-10/h3-4H,6H2,1-2H3,(H2,12,13). The Hall–Kier alpha value is -1.59. The van der Waals surface area contributed by atoms with Crippen molar-refractivity contribution >= 4 is 27.3 Å². The summed E-state index contributed by atoms with van der Waals surface area (Å²) in [5, 5.41) is 8.80. The zero-order valence-corrected chi connectivity index (χ0v) is 11.5. The number of sulfonamides is 1. The van der Waals surface area contributed by atoms with Gasteiger partial charge in [-0.05, 0) is 19.1 Å². The van der Waals surface area contributed by atoms with Gasteiger partial charge in [-0.1, -0.05) is 0 Å². The van der Waals surface area contributed by atoms with Gasteiger partial charge in [-0.2, -0.15) is 5.26 Å². The molecule has 1 unspecified atom stereocenters. The maximum atomic E-state index is 12.0. The lowest BCUT2D eigenvalue weighted by Gasteiger charge is -2.33. The van der Waals surface area contributed by atoms with Gasteiger partial charge in [0.2, 0.25) is 16.0 Å². The quantitative estimate of drug-likeness (QED) is 0.808. The van der Waals surface area contributed by atoms with Crippen molar-refractivity contribution in [1.29, 1.82) is 5.26 Å². The van der Waals surface area contributed by atoms with E-state index in [9.17, 15) is 8.42 Å². The third-order valence-corrected chi connectivity index (χ3v) is 6.00. The fourth-order valence-electron chi connectivity index (χ4n) is 1.76. The van der Waals surface area contributed by atoms with Crippen molar-refractivity contribution in [3.8, 4) is 6.07 Å². The van der Waals surface area contributed by atoms with Crippen molar-refractivity contribution in [2.45, 2.75) is 12.5 Å². The van der Waals surface area contributed by atoms with Crippen LogP contribution in [0.15, 0.2) is 17.1 Å². The summed E-state index contributed by atoms with van der Waals surface area (Å²) in [4.78, 5) is 5.50. The molecule has 18 heavy (non-hydrogen) atoms. The molecule has 1 aliphatic rings. The fourth-order valence-corrected chi connectivity index (χ4v) is 4.20. The van der Waals surface area contributed by atoms with Gasteiger partial charge in [0.05, 0.1) is 5.75 Å². The molecule has 0 spiro atoms. The topological polar surface area (TPSA) is 99.5 Å². The molecule has 1 aliphatic heterocycles. The smallest absolute Gasteiger partial charge is 0.239 e. The third kappa shape index (κ3) is 1.95. The molecule has 0 aromatic carbocycles. The van der Waals surface area contributed by atoms with Crippen molar-refractivity contribution in [3.63, 3.8) is 0 Å². The predicted molar refractivity (Wildman–Crippen MR) is 69.6 cm³/mol. The van der Waals surface area contributed by atoms with E-state index in [1.54, 1.807) is 19.1 Å². The van der Waals surface area contributed by atoms with E-state index in [4.69, 9.17) is 11.0 Å². The van der Waals surface area contributed by atoms with E-state index in [1.807, 2.05) is 6.07 Å². The highest BCUT2D eigenvalue weighted by Gasteiger charge is 2.41. The Labute approximate surface area is 109 Å².